The molecule has 0 aliphatic carbocycles. The van der Waals surface area contributed by atoms with Crippen LogP contribution in [0, 0.1) is 0 Å². The highest BCUT2D eigenvalue weighted by molar-refractivity contribution is 6.40. The summed E-state index contributed by atoms with van der Waals surface area (Å²) in [6, 6.07) is 5.10. The molecule has 17 heavy (non-hydrogen) atoms. The lowest BCUT2D eigenvalue weighted by Crippen LogP contribution is -2.19. The monoisotopic (exact) mass is 248 g/mol. The summed E-state index contributed by atoms with van der Waals surface area (Å²) in [7, 11) is 0. The number of hydrogen-bond acceptors (Lipinski definition) is 3. The first-order valence-electron chi connectivity index (χ1n) is 4.93. The fourth-order valence-corrected chi connectivity index (χ4v) is 1.71. The summed E-state index contributed by atoms with van der Waals surface area (Å²) >= 11 is 5.92. The number of aromatic nitrogens is 1. The Morgan fingerprint density at radius 2 is 2.12 bits per heavy atom. The minimum Gasteiger partial charge on any atom is -0.319 e. The number of pyridine rings is 1. The zero-order chi connectivity index (χ0) is 12.4. The lowest BCUT2D eigenvalue weighted by atomic mass is 10.1. The van der Waals surface area contributed by atoms with Crippen LogP contribution in [0.4, 0.5) is 5.69 Å². The smallest absolute Gasteiger partial charge is 0.291 e. The molecule has 0 fully saturated rings. The molecule has 0 saturated carbocycles. The molecule has 0 atom stereocenters. The van der Waals surface area contributed by atoms with Crippen molar-refractivity contribution in [1.82, 2.24) is 4.98 Å². The van der Waals surface area contributed by atoms with Crippen LogP contribution in [0.3, 0.4) is 0 Å². The Kier molecular flexibility index (Phi) is 3.06. The van der Waals surface area contributed by atoms with Crippen LogP contribution in [0.2, 0.25) is 5.02 Å². The van der Waals surface area contributed by atoms with Crippen LogP contribution < -0.4 is 5.32 Å². The number of carbonyl (C=O) groups is 2. The summed E-state index contributed by atoms with van der Waals surface area (Å²) < 4.78 is 0. The van der Waals surface area contributed by atoms with E-state index in [1.54, 1.807) is 30.6 Å². The van der Waals surface area contributed by atoms with E-state index in [0.717, 1.165) is 10.8 Å². The molecule has 0 aliphatic heterocycles. The van der Waals surface area contributed by atoms with Crippen LogP contribution in [0.25, 0.3) is 10.8 Å². The van der Waals surface area contributed by atoms with Gasteiger partial charge in [0, 0.05) is 35.1 Å². The van der Waals surface area contributed by atoms with Crippen molar-refractivity contribution in [2.45, 2.75) is 6.92 Å². The molecule has 0 radical (unpaired) electrons. The minimum atomic E-state index is -0.662. The highest BCUT2D eigenvalue weighted by Crippen LogP contribution is 2.27. The van der Waals surface area contributed by atoms with Crippen molar-refractivity contribution in [2.75, 3.05) is 5.32 Å². The summed E-state index contributed by atoms with van der Waals surface area (Å²) in [5.41, 5.74) is 0.509. The summed E-state index contributed by atoms with van der Waals surface area (Å²) in [4.78, 5) is 26.2. The van der Waals surface area contributed by atoms with E-state index in [-0.39, 0.29) is 0 Å². The molecule has 0 bridgehead atoms. The van der Waals surface area contributed by atoms with Crippen molar-refractivity contribution in [3.05, 3.63) is 35.6 Å². The standard InChI is InChI=1S/C12H9ClN2O2/c1-7(16)12(17)15-11-5-9(13)4-8-6-14-3-2-10(8)11/h2-6H,1H3,(H,15,17). The molecule has 0 spiro atoms. The average Bonchev–Trinajstić information content (AvgIpc) is 2.28. The van der Waals surface area contributed by atoms with Crippen molar-refractivity contribution in [3.8, 4) is 0 Å². The predicted octanol–water partition coefficient (Wildman–Crippen LogP) is 2.42. The van der Waals surface area contributed by atoms with Crippen molar-refractivity contribution in [3.63, 3.8) is 0 Å². The van der Waals surface area contributed by atoms with Gasteiger partial charge in [-0.3, -0.25) is 14.6 Å². The number of hydrogen-bond donors (Lipinski definition) is 1. The van der Waals surface area contributed by atoms with Crippen LogP contribution in [-0.2, 0) is 9.59 Å². The van der Waals surface area contributed by atoms with Crippen molar-refractivity contribution >= 4 is 39.8 Å². The second kappa shape index (κ2) is 4.51. The van der Waals surface area contributed by atoms with Gasteiger partial charge in [-0.2, -0.15) is 0 Å². The molecular weight excluding hydrogens is 240 g/mol. The highest BCUT2D eigenvalue weighted by atomic mass is 35.5. The maximum Gasteiger partial charge on any atom is 0.291 e. The Balaban J connectivity index is 2.52. The fraction of sp³-hybridized carbons (Fsp3) is 0.0833. The van der Waals surface area contributed by atoms with E-state index in [4.69, 9.17) is 11.6 Å². The van der Waals surface area contributed by atoms with Gasteiger partial charge < -0.3 is 5.32 Å². The van der Waals surface area contributed by atoms with E-state index in [0.29, 0.717) is 10.7 Å². The Morgan fingerprint density at radius 1 is 1.35 bits per heavy atom. The minimum absolute atomic E-state index is 0.476. The van der Waals surface area contributed by atoms with Gasteiger partial charge >= 0.3 is 0 Å². The molecule has 4 nitrogen and oxygen atoms in total. The number of Topliss-reactive ketones (excluding diaryl/α,β-unsaturated/α-hetero) is 1. The molecule has 1 N–H and O–H groups in total. The van der Waals surface area contributed by atoms with Crippen molar-refractivity contribution in [1.29, 1.82) is 0 Å². The third-order valence-corrected chi connectivity index (χ3v) is 2.50. The van der Waals surface area contributed by atoms with E-state index >= 15 is 0 Å². The number of ketones is 1. The van der Waals surface area contributed by atoms with Gasteiger partial charge in [-0.25, -0.2) is 0 Å². The largest absolute Gasteiger partial charge is 0.319 e. The Morgan fingerprint density at radius 3 is 2.82 bits per heavy atom. The Hall–Kier alpha value is -1.94. The molecular formula is C12H9ClN2O2. The molecule has 0 aliphatic rings. The number of nitrogens with one attached hydrogen (secondary N) is 1. The second-order valence-electron chi connectivity index (χ2n) is 3.56. The topological polar surface area (TPSA) is 59.1 Å². The number of carbonyl (C=O) groups excluding carboxylic acids is 2. The van der Waals surface area contributed by atoms with Gasteiger partial charge in [0.25, 0.3) is 5.91 Å². The van der Waals surface area contributed by atoms with Gasteiger partial charge in [-0.1, -0.05) is 11.6 Å². The van der Waals surface area contributed by atoms with Gasteiger partial charge in [0.1, 0.15) is 0 Å². The summed E-state index contributed by atoms with van der Waals surface area (Å²) in [5, 5.41) is 4.60. The molecule has 1 heterocycles. The van der Waals surface area contributed by atoms with Crippen LogP contribution in [0.5, 0.6) is 0 Å². The number of halogens is 1. The van der Waals surface area contributed by atoms with Gasteiger partial charge in [-0.15, -0.1) is 0 Å². The van der Waals surface area contributed by atoms with Gasteiger partial charge in [-0.05, 0) is 18.2 Å². The predicted molar refractivity (Wildman–Crippen MR) is 66.1 cm³/mol. The maximum atomic E-state index is 11.3. The lowest BCUT2D eigenvalue weighted by molar-refractivity contribution is -0.133. The number of benzene rings is 1. The number of amides is 1. The first-order chi connectivity index (χ1) is 8.08. The van der Waals surface area contributed by atoms with Gasteiger partial charge in [0.15, 0.2) is 0 Å². The Labute approximate surface area is 103 Å². The number of rotatable bonds is 2. The van der Waals surface area contributed by atoms with Crippen LogP contribution in [0.15, 0.2) is 30.6 Å². The van der Waals surface area contributed by atoms with E-state index in [2.05, 4.69) is 10.3 Å². The zero-order valence-electron chi connectivity index (χ0n) is 9.03. The maximum absolute atomic E-state index is 11.3. The molecule has 1 aromatic heterocycles. The number of fused-ring (bicyclic) bond motifs is 1. The fourth-order valence-electron chi connectivity index (χ4n) is 1.49. The lowest BCUT2D eigenvalue weighted by Gasteiger charge is -2.07. The van der Waals surface area contributed by atoms with Crippen LogP contribution >= 0.6 is 11.6 Å². The van der Waals surface area contributed by atoms with E-state index in [1.807, 2.05) is 0 Å². The van der Waals surface area contributed by atoms with Crippen molar-refractivity contribution in [2.24, 2.45) is 0 Å². The zero-order valence-corrected chi connectivity index (χ0v) is 9.78. The first-order valence-corrected chi connectivity index (χ1v) is 5.31. The highest BCUT2D eigenvalue weighted by Gasteiger charge is 2.10. The third kappa shape index (κ3) is 2.42. The SMILES string of the molecule is CC(=O)C(=O)Nc1cc(Cl)cc2cnccc12. The molecule has 86 valence electrons. The average molecular weight is 249 g/mol. The van der Waals surface area contributed by atoms with Gasteiger partial charge in [0.05, 0.1) is 5.69 Å². The van der Waals surface area contributed by atoms with E-state index in [9.17, 15) is 9.59 Å². The number of nitrogens with zero attached hydrogens (tertiary/aromatic N) is 1. The summed E-state index contributed by atoms with van der Waals surface area (Å²) in [6.45, 7) is 1.21. The quantitative estimate of drug-likeness (QED) is 0.831. The van der Waals surface area contributed by atoms with E-state index in [1.165, 1.54) is 6.92 Å². The molecule has 2 rings (SSSR count). The molecule has 0 unspecified atom stereocenters. The molecule has 1 aromatic carbocycles. The third-order valence-electron chi connectivity index (χ3n) is 2.29. The summed E-state index contributed by atoms with van der Waals surface area (Å²) in [5.74, 6) is -1.21. The molecule has 1 amide bonds. The first kappa shape index (κ1) is 11.5. The van der Waals surface area contributed by atoms with Crippen LogP contribution in [-0.4, -0.2) is 16.7 Å². The summed E-state index contributed by atoms with van der Waals surface area (Å²) in [6.07, 6.45) is 3.25. The molecule has 5 heteroatoms. The second-order valence-corrected chi connectivity index (χ2v) is 4.00. The van der Waals surface area contributed by atoms with Gasteiger partial charge in [0.2, 0.25) is 5.78 Å². The Bertz CT molecular complexity index is 610. The van der Waals surface area contributed by atoms with E-state index < -0.39 is 11.7 Å². The number of anilines is 1. The van der Waals surface area contributed by atoms with Crippen LogP contribution in [0.1, 0.15) is 6.92 Å². The molecule has 0 saturated heterocycles. The normalized spacial score (nSPS) is 10.2. The van der Waals surface area contributed by atoms with Crippen molar-refractivity contribution < 1.29 is 9.59 Å². The molecule has 2 aromatic rings.